The highest BCUT2D eigenvalue weighted by atomic mass is 16.5. The molecule has 0 aliphatic heterocycles. The summed E-state index contributed by atoms with van der Waals surface area (Å²) in [7, 11) is 0. The van der Waals surface area contributed by atoms with Gasteiger partial charge in [-0.25, -0.2) is 4.79 Å². The first kappa shape index (κ1) is 18.5. The molecule has 0 atom stereocenters. The normalized spacial score (nSPS) is 10.8. The van der Waals surface area contributed by atoms with E-state index in [2.05, 4.69) is 0 Å². The lowest BCUT2D eigenvalue weighted by atomic mass is 10.2. The van der Waals surface area contributed by atoms with Crippen molar-refractivity contribution in [1.29, 1.82) is 0 Å². The fraction of sp³-hybridized carbons (Fsp3) is 0.300. The first-order chi connectivity index (χ1) is 12.2. The van der Waals surface area contributed by atoms with Gasteiger partial charge in [0, 0.05) is 0 Å². The quantitative estimate of drug-likeness (QED) is 0.532. The Morgan fingerprint density at radius 3 is 2.60 bits per heavy atom. The second-order valence-electron chi connectivity index (χ2n) is 5.34. The van der Waals surface area contributed by atoms with Crippen LogP contribution in [0.25, 0.3) is 12.2 Å². The maximum Gasteiger partial charge on any atom is 0.345 e. The molecule has 1 aromatic heterocycles. The zero-order chi connectivity index (χ0) is 18.1. The minimum absolute atomic E-state index is 0.0335. The smallest absolute Gasteiger partial charge is 0.345 e. The van der Waals surface area contributed by atoms with Crippen LogP contribution in [0.4, 0.5) is 0 Å². The van der Waals surface area contributed by atoms with Crippen molar-refractivity contribution in [1.82, 2.24) is 0 Å². The van der Waals surface area contributed by atoms with Crippen molar-refractivity contribution in [3.8, 4) is 5.75 Å². The van der Waals surface area contributed by atoms with E-state index in [0.717, 1.165) is 24.7 Å². The first-order valence-electron chi connectivity index (χ1n) is 8.36. The van der Waals surface area contributed by atoms with Crippen LogP contribution >= 0.6 is 0 Å². The van der Waals surface area contributed by atoms with Gasteiger partial charge in [-0.1, -0.05) is 49.8 Å². The number of ether oxygens (including phenoxy) is 2. The lowest BCUT2D eigenvalue weighted by Crippen LogP contribution is -2.20. The van der Waals surface area contributed by atoms with Crippen molar-refractivity contribution in [2.75, 3.05) is 13.2 Å². The summed E-state index contributed by atoms with van der Waals surface area (Å²) in [5.74, 6) is -0.403. The summed E-state index contributed by atoms with van der Waals surface area (Å²) in [6, 6.07) is 9.61. The Labute approximate surface area is 146 Å². The van der Waals surface area contributed by atoms with Gasteiger partial charge in [0.2, 0.25) is 11.2 Å². The predicted octanol–water partition coefficient (Wildman–Crippen LogP) is 4.17. The lowest BCUT2D eigenvalue weighted by molar-refractivity contribution is 0.0521. The second-order valence-corrected chi connectivity index (χ2v) is 5.34. The Morgan fingerprint density at radius 1 is 1.16 bits per heavy atom. The highest BCUT2D eigenvalue weighted by Gasteiger charge is 2.19. The number of hydrogen-bond donors (Lipinski definition) is 0. The summed E-state index contributed by atoms with van der Waals surface area (Å²) in [5, 5.41) is 0. The molecule has 1 aromatic carbocycles. The molecule has 0 aliphatic rings. The summed E-state index contributed by atoms with van der Waals surface area (Å²) in [6.45, 7) is 4.26. The monoisotopic (exact) mass is 342 g/mol. The van der Waals surface area contributed by atoms with E-state index in [9.17, 15) is 9.59 Å². The van der Waals surface area contributed by atoms with Crippen LogP contribution in [0.3, 0.4) is 0 Å². The third kappa shape index (κ3) is 5.08. The van der Waals surface area contributed by atoms with Gasteiger partial charge in [0.1, 0.15) is 11.8 Å². The summed E-state index contributed by atoms with van der Waals surface area (Å²) in [4.78, 5) is 24.5. The van der Waals surface area contributed by atoms with Gasteiger partial charge in [-0.05, 0) is 25.0 Å². The van der Waals surface area contributed by atoms with Crippen LogP contribution in [0.2, 0.25) is 0 Å². The van der Waals surface area contributed by atoms with Crippen molar-refractivity contribution in [3.63, 3.8) is 0 Å². The molecule has 5 heteroatoms. The van der Waals surface area contributed by atoms with Crippen LogP contribution in [0.15, 0.2) is 45.8 Å². The molecule has 0 aliphatic carbocycles. The number of carbonyl (C=O) groups is 1. The summed E-state index contributed by atoms with van der Waals surface area (Å²) in [5.41, 5.74) is 0.276. The molecule has 0 spiro atoms. The summed E-state index contributed by atoms with van der Waals surface area (Å²) < 4.78 is 16.0. The van der Waals surface area contributed by atoms with E-state index in [1.807, 2.05) is 43.3 Å². The topological polar surface area (TPSA) is 65.7 Å². The molecule has 0 N–H and O–H groups in total. The van der Waals surface area contributed by atoms with Gasteiger partial charge in [0.05, 0.1) is 13.2 Å². The molecule has 0 saturated carbocycles. The van der Waals surface area contributed by atoms with E-state index >= 15 is 0 Å². The molecular formula is C20H22O5. The average Bonchev–Trinajstić information content (AvgIpc) is 2.63. The molecule has 2 aromatic rings. The van der Waals surface area contributed by atoms with Crippen molar-refractivity contribution in [2.45, 2.75) is 26.7 Å². The molecule has 0 unspecified atom stereocenters. The van der Waals surface area contributed by atoms with Gasteiger partial charge in [0.15, 0.2) is 5.76 Å². The van der Waals surface area contributed by atoms with E-state index in [-0.39, 0.29) is 23.7 Å². The van der Waals surface area contributed by atoms with Gasteiger partial charge in [-0.15, -0.1) is 0 Å². The van der Waals surface area contributed by atoms with E-state index < -0.39 is 11.4 Å². The molecule has 132 valence electrons. The fourth-order valence-electron chi connectivity index (χ4n) is 2.12. The minimum atomic E-state index is -0.713. The largest absolute Gasteiger partial charge is 0.486 e. The van der Waals surface area contributed by atoms with E-state index in [1.54, 1.807) is 13.0 Å². The maximum absolute atomic E-state index is 12.6. The Morgan fingerprint density at radius 2 is 1.92 bits per heavy atom. The Hall–Kier alpha value is -2.82. The fourth-order valence-corrected chi connectivity index (χ4v) is 2.12. The van der Waals surface area contributed by atoms with Crippen LogP contribution in [-0.2, 0) is 4.74 Å². The van der Waals surface area contributed by atoms with E-state index in [0.29, 0.717) is 6.61 Å². The highest BCUT2D eigenvalue weighted by molar-refractivity contribution is 5.89. The van der Waals surface area contributed by atoms with E-state index in [4.69, 9.17) is 13.9 Å². The highest BCUT2D eigenvalue weighted by Crippen LogP contribution is 2.19. The predicted molar refractivity (Wildman–Crippen MR) is 96.7 cm³/mol. The number of esters is 1. The van der Waals surface area contributed by atoms with Crippen molar-refractivity contribution < 1.29 is 18.7 Å². The molecule has 0 fully saturated rings. The van der Waals surface area contributed by atoms with Crippen LogP contribution < -0.4 is 10.2 Å². The van der Waals surface area contributed by atoms with Crippen LogP contribution in [0, 0.1) is 0 Å². The van der Waals surface area contributed by atoms with Gasteiger partial charge in [-0.3, -0.25) is 4.79 Å². The van der Waals surface area contributed by atoms with Crippen molar-refractivity contribution >= 4 is 18.1 Å². The molecule has 25 heavy (non-hydrogen) atoms. The molecule has 0 bridgehead atoms. The second kappa shape index (κ2) is 9.47. The zero-order valence-corrected chi connectivity index (χ0v) is 14.5. The number of hydrogen-bond acceptors (Lipinski definition) is 5. The third-order valence-electron chi connectivity index (χ3n) is 3.44. The van der Waals surface area contributed by atoms with Crippen LogP contribution in [-0.4, -0.2) is 19.2 Å². The third-order valence-corrected chi connectivity index (χ3v) is 3.44. The molecule has 0 amide bonds. The molecule has 5 nitrogen and oxygen atoms in total. The van der Waals surface area contributed by atoms with Crippen molar-refractivity contribution in [3.05, 3.63) is 63.7 Å². The number of carbonyl (C=O) groups excluding carboxylic acids is 1. The molecule has 0 saturated heterocycles. The minimum Gasteiger partial charge on any atom is -0.486 e. The Bertz CT molecular complexity index is 774. The number of rotatable bonds is 8. The van der Waals surface area contributed by atoms with Gasteiger partial charge in [-0.2, -0.15) is 0 Å². The summed E-state index contributed by atoms with van der Waals surface area (Å²) >= 11 is 0. The van der Waals surface area contributed by atoms with Gasteiger partial charge in [0.25, 0.3) is 0 Å². The average molecular weight is 342 g/mol. The molecule has 0 radical (unpaired) electrons. The standard InChI is InChI=1S/C20H22O5/c1-3-5-13-24-19-17(12-11-15-9-7-6-8-10-15)25-14-16(18(19)21)20(22)23-4-2/h6-12,14H,3-5,13H2,1-2H3/b12-11+. The van der Waals surface area contributed by atoms with Gasteiger partial charge < -0.3 is 13.9 Å². The number of unbranched alkanes of at least 4 members (excludes halogenated alkanes) is 1. The SMILES string of the molecule is CCCCOc1c(/C=C/c2ccccc2)occ(C(=O)OCC)c1=O. The van der Waals surface area contributed by atoms with Crippen LogP contribution in [0.5, 0.6) is 5.75 Å². The number of benzene rings is 1. The first-order valence-corrected chi connectivity index (χ1v) is 8.36. The molecular weight excluding hydrogens is 320 g/mol. The van der Waals surface area contributed by atoms with Crippen LogP contribution in [0.1, 0.15) is 48.4 Å². The summed E-state index contributed by atoms with van der Waals surface area (Å²) in [6.07, 6.45) is 6.32. The Kier molecular flexibility index (Phi) is 7.01. The molecule has 2 rings (SSSR count). The maximum atomic E-state index is 12.6. The molecule has 1 heterocycles. The Balaban J connectivity index is 2.37. The van der Waals surface area contributed by atoms with Gasteiger partial charge >= 0.3 is 5.97 Å². The lowest BCUT2D eigenvalue weighted by Gasteiger charge is -2.09. The van der Waals surface area contributed by atoms with E-state index in [1.165, 1.54) is 0 Å². The zero-order valence-electron chi connectivity index (χ0n) is 14.5. The van der Waals surface area contributed by atoms with Crippen molar-refractivity contribution in [2.24, 2.45) is 0 Å².